The normalized spacial score (nSPS) is 13.2. The van der Waals surface area contributed by atoms with Gasteiger partial charge in [0.05, 0.1) is 0 Å². The van der Waals surface area contributed by atoms with Crippen LogP contribution in [0.1, 0.15) is 0 Å². The molecule has 0 saturated heterocycles. The minimum Gasteiger partial charge on any atom is -0.310 e. The summed E-state index contributed by atoms with van der Waals surface area (Å²) in [6, 6.07) is 6.94. The summed E-state index contributed by atoms with van der Waals surface area (Å²) >= 11 is 0. The van der Waals surface area contributed by atoms with Gasteiger partial charge in [-0.25, -0.2) is 0 Å². The zero-order valence-electron chi connectivity index (χ0n) is 9.81. The van der Waals surface area contributed by atoms with Crippen LogP contribution in [0.2, 0.25) is 0 Å². The van der Waals surface area contributed by atoms with Crippen molar-refractivity contribution in [3.8, 4) is 0 Å². The Morgan fingerprint density at radius 3 is 1.90 bits per heavy atom. The van der Waals surface area contributed by atoms with Crippen molar-refractivity contribution in [1.82, 2.24) is 0 Å². The summed E-state index contributed by atoms with van der Waals surface area (Å²) in [5.74, 6) is -15.0. The lowest BCUT2D eigenvalue weighted by atomic mass is 10.1. The van der Waals surface area contributed by atoms with Gasteiger partial charge < -0.3 is 4.90 Å². The van der Waals surface area contributed by atoms with E-state index in [0.29, 0.717) is 7.05 Å². The quantitative estimate of drug-likeness (QED) is 0.785. The van der Waals surface area contributed by atoms with Gasteiger partial charge in [0.1, 0.15) is 0 Å². The maximum Gasteiger partial charge on any atom is 0.460 e. The van der Waals surface area contributed by atoms with Crippen LogP contribution in [-0.2, 0) is 4.79 Å². The average molecular weight is 302 g/mol. The smallest absolute Gasteiger partial charge is 0.310 e. The van der Waals surface area contributed by atoms with Crippen molar-refractivity contribution < 1.29 is 35.5 Å². The van der Waals surface area contributed by atoms with E-state index in [-0.39, 0.29) is 10.6 Å². The molecule has 111 valence electrons. The fourth-order valence-corrected chi connectivity index (χ4v) is 1.24. The number of amides is 1. The van der Waals surface area contributed by atoms with Gasteiger partial charge in [-0.3, -0.25) is 4.79 Å². The zero-order chi connectivity index (χ0) is 15.8. The van der Waals surface area contributed by atoms with E-state index in [4.69, 9.17) is 0 Å². The van der Waals surface area contributed by atoms with Gasteiger partial charge in [-0.2, -0.15) is 30.7 Å². The molecular weight excluding hydrogens is 295 g/mol. The van der Waals surface area contributed by atoms with Crippen molar-refractivity contribution in [1.29, 1.82) is 0 Å². The van der Waals surface area contributed by atoms with Crippen LogP contribution in [0.15, 0.2) is 24.3 Å². The van der Waals surface area contributed by atoms with Crippen molar-refractivity contribution in [2.45, 2.75) is 18.0 Å². The highest BCUT2D eigenvalue weighted by molar-refractivity contribution is 5.98. The molecule has 2 nitrogen and oxygen atoms in total. The van der Waals surface area contributed by atoms with Gasteiger partial charge in [-0.15, -0.1) is 0 Å². The molecule has 0 fully saturated rings. The number of carbonyl (C=O) groups excluding carboxylic acids is 1. The Kier molecular flexibility index (Phi) is 4.02. The first-order chi connectivity index (χ1) is 8.93. The summed E-state index contributed by atoms with van der Waals surface area (Å²) in [7, 11) is 0.665. The predicted molar refractivity (Wildman–Crippen MR) is 54.6 cm³/mol. The summed E-state index contributed by atoms with van der Waals surface area (Å²) in [5.41, 5.74) is -0.272. The molecule has 0 aliphatic rings. The predicted octanol–water partition coefficient (Wildman–Crippen LogP) is 3.28. The van der Waals surface area contributed by atoms with Crippen LogP contribution >= 0.6 is 0 Å². The minimum atomic E-state index is -6.54. The molecule has 0 aliphatic carbocycles. The maximum atomic E-state index is 13.2. The van der Waals surface area contributed by atoms with Crippen LogP contribution in [0.4, 0.5) is 36.4 Å². The van der Waals surface area contributed by atoms with Crippen molar-refractivity contribution >= 4 is 11.6 Å². The largest absolute Gasteiger partial charge is 0.460 e. The Bertz CT molecular complexity index is 483. The molecule has 9 heteroatoms. The van der Waals surface area contributed by atoms with Crippen LogP contribution in [0.3, 0.4) is 0 Å². The topological polar surface area (TPSA) is 20.3 Å². The molecule has 0 spiro atoms. The molecular formula is C11H7F7NO. The molecule has 1 radical (unpaired) electrons. The lowest BCUT2D eigenvalue weighted by Crippen LogP contribution is -2.59. The van der Waals surface area contributed by atoms with Gasteiger partial charge in [-0.05, 0) is 18.2 Å². The Morgan fingerprint density at radius 1 is 1.05 bits per heavy atom. The number of hydrogen-bond acceptors (Lipinski definition) is 1. The van der Waals surface area contributed by atoms with E-state index in [0.717, 1.165) is 12.1 Å². The van der Waals surface area contributed by atoms with Gasteiger partial charge in [0.2, 0.25) is 0 Å². The fraction of sp³-hybridized carbons (Fsp3) is 0.364. The molecule has 0 saturated carbocycles. The lowest BCUT2D eigenvalue weighted by molar-refractivity contribution is -0.343. The minimum absolute atomic E-state index is 0.0213. The van der Waals surface area contributed by atoms with Crippen LogP contribution in [-0.4, -0.2) is 31.0 Å². The summed E-state index contributed by atoms with van der Waals surface area (Å²) < 4.78 is 87.6. The van der Waals surface area contributed by atoms with Crippen molar-refractivity contribution in [3.05, 3.63) is 30.3 Å². The monoisotopic (exact) mass is 302 g/mol. The van der Waals surface area contributed by atoms with E-state index < -0.39 is 23.9 Å². The second-order valence-electron chi connectivity index (χ2n) is 3.77. The molecule has 0 unspecified atom stereocenters. The van der Waals surface area contributed by atoms with Gasteiger partial charge in [0.15, 0.2) is 0 Å². The molecule has 0 heterocycles. The molecule has 0 atom stereocenters. The molecule has 1 aromatic rings. The Hall–Kier alpha value is -1.80. The first kappa shape index (κ1) is 16.3. The highest BCUT2D eigenvalue weighted by Crippen LogP contribution is 2.47. The molecule has 20 heavy (non-hydrogen) atoms. The number of anilines is 1. The second kappa shape index (κ2) is 4.95. The van der Waals surface area contributed by atoms with E-state index >= 15 is 0 Å². The van der Waals surface area contributed by atoms with Crippen LogP contribution < -0.4 is 4.90 Å². The molecule has 1 amide bonds. The summed E-state index contributed by atoms with van der Waals surface area (Å²) in [4.78, 5) is 11.3. The lowest BCUT2D eigenvalue weighted by Gasteiger charge is -2.30. The zero-order valence-corrected chi connectivity index (χ0v) is 9.81. The number of alkyl halides is 7. The van der Waals surface area contributed by atoms with E-state index in [2.05, 4.69) is 6.07 Å². The highest BCUT2D eigenvalue weighted by Gasteiger charge is 2.76. The SMILES string of the molecule is CN(C(=O)C(F)(F)C(F)(F)C(F)(F)F)c1cc[c]cc1. The van der Waals surface area contributed by atoms with Gasteiger partial charge in [0, 0.05) is 12.7 Å². The molecule has 0 aromatic heterocycles. The average Bonchev–Trinajstić information content (AvgIpc) is 2.36. The molecule has 0 aliphatic heterocycles. The number of nitrogens with zero attached hydrogens (tertiary/aromatic N) is 1. The van der Waals surface area contributed by atoms with E-state index in [1.54, 1.807) is 0 Å². The first-order valence-electron chi connectivity index (χ1n) is 4.99. The fourth-order valence-electron chi connectivity index (χ4n) is 1.24. The highest BCUT2D eigenvalue weighted by atomic mass is 19.4. The number of rotatable bonds is 3. The van der Waals surface area contributed by atoms with Crippen molar-refractivity contribution in [3.63, 3.8) is 0 Å². The second-order valence-corrected chi connectivity index (χ2v) is 3.77. The van der Waals surface area contributed by atoms with E-state index in [9.17, 15) is 35.5 Å². The Morgan fingerprint density at radius 2 is 1.50 bits per heavy atom. The molecule has 0 N–H and O–H groups in total. The summed E-state index contributed by atoms with van der Waals surface area (Å²) in [6.07, 6.45) is -6.54. The third-order valence-electron chi connectivity index (χ3n) is 2.41. The number of halogens is 7. The van der Waals surface area contributed by atoms with Crippen molar-refractivity contribution in [2.75, 3.05) is 11.9 Å². The first-order valence-corrected chi connectivity index (χ1v) is 4.99. The number of hydrogen-bond donors (Lipinski definition) is 0. The number of carbonyl (C=O) groups is 1. The van der Waals surface area contributed by atoms with E-state index in [1.807, 2.05) is 0 Å². The van der Waals surface area contributed by atoms with Gasteiger partial charge >= 0.3 is 23.9 Å². The maximum absolute atomic E-state index is 13.2. The third kappa shape index (κ3) is 2.56. The standard InChI is InChI=1S/C11H7F7NO/c1-19(7-5-3-2-4-6-7)8(20)9(12,13)10(14,15)11(16,17)18/h3-6H,1H3. The summed E-state index contributed by atoms with van der Waals surface area (Å²) in [5, 5.41) is 0. The Balaban J connectivity index is 3.13. The Labute approximate surface area is 108 Å². The third-order valence-corrected chi connectivity index (χ3v) is 2.41. The molecule has 1 rings (SSSR count). The number of benzene rings is 1. The molecule has 1 aromatic carbocycles. The molecule has 0 bridgehead atoms. The van der Waals surface area contributed by atoms with Gasteiger partial charge in [0.25, 0.3) is 0 Å². The van der Waals surface area contributed by atoms with E-state index in [1.165, 1.54) is 12.1 Å². The van der Waals surface area contributed by atoms with Crippen LogP contribution in [0.25, 0.3) is 0 Å². The summed E-state index contributed by atoms with van der Waals surface area (Å²) in [6.45, 7) is 0. The van der Waals surface area contributed by atoms with Crippen molar-refractivity contribution in [2.24, 2.45) is 0 Å². The van der Waals surface area contributed by atoms with Gasteiger partial charge in [-0.1, -0.05) is 12.1 Å². The van der Waals surface area contributed by atoms with Crippen LogP contribution in [0.5, 0.6) is 0 Å². The van der Waals surface area contributed by atoms with Crippen LogP contribution in [0, 0.1) is 6.07 Å².